The highest BCUT2D eigenvalue weighted by atomic mass is 19.1. The van der Waals surface area contributed by atoms with E-state index in [9.17, 15) is 4.39 Å². The maximum atomic E-state index is 13.7. The monoisotopic (exact) mass is 250 g/mol. The highest BCUT2D eigenvalue weighted by Crippen LogP contribution is 2.22. The van der Waals surface area contributed by atoms with Gasteiger partial charge in [-0.3, -0.25) is 4.90 Å². The fourth-order valence-electron chi connectivity index (χ4n) is 2.59. The van der Waals surface area contributed by atoms with Crippen LogP contribution in [0.1, 0.15) is 31.4 Å². The maximum absolute atomic E-state index is 13.7. The summed E-state index contributed by atoms with van der Waals surface area (Å²) in [7, 11) is 2.08. The number of rotatable bonds is 5. The third kappa shape index (κ3) is 3.30. The molecule has 0 saturated carbocycles. The molecule has 0 spiro atoms. The first-order valence-corrected chi connectivity index (χ1v) is 6.84. The van der Waals surface area contributed by atoms with Gasteiger partial charge in [0.15, 0.2) is 0 Å². The molecular weight excluding hydrogens is 227 g/mol. The van der Waals surface area contributed by atoms with Crippen molar-refractivity contribution in [1.82, 2.24) is 10.2 Å². The van der Waals surface area contributed by atoms with E-state index in [1.165, 1.54) is 12.8 Å². The summed E-state index contributed by atoms with van der Waals surface area (Å²) in [6, 6.07) is 7.22. The van der Waals surface area contributed by atoms with Crippen LogP contribution in [0.15, 0.2) is 24.3 Å². The van der Waals surface area contributed by atoms with Gasteiger partial charge in [0, 0.05) is 11.6 Å². The quantitative estimate of drug-likeness (QED) is 0.864. The third-order valence-corrected chi connectivity index (χ3v) is 4.07. The molecule has 0 aliphatic carbocycles. The van der Waals surface area contributed by atoms with Crippen molar-refractivity contribution in [2.24, 2.45) is 5.92 Å². The Labute approximate surface area is 109 Å². The minimum atomic E-state index is -0.0978. The van der Waals surface area contributed by atoms with Gasteiger partial charge in [-0.1, -0.05) is 18.2 Å². The Bertz CT molecular complexity index is 375. The number of hydrogen-bond acceptors (Lipinski definition) is 2. The lowest BCUT2D eigenvalue weighted by Gasteiger charge is -2.26. The zero-order valence-corrected chi connectivity index (χ0v) is 11.3. The Balaban J connectivity index is 1.88. The molecule has 1 aliphatic heterocycles. The molecule has 1 aromatic carbocycles. The van der Waals surface area contributed by atoms with Crippen molar-refractivity contribution < 1.29 is 4.39 Å². The predicted molar refractivity (Wildman–Crippen MR) is 73.0 cm³/mol. The molecule has 1 aromatic rings. The van der Waals surface area contributed by atoms with E-state index in [0.29, 0.717) is 0 Å². The number of nitrogens with zero attached hydrogens (tertiary/aromatic N) is 1. The zero-order chi connectivity index (χ0) is 13.0. The lowest BCUT2D eigenvalue weighted by atomic mass is 10.0. The summed E-state index contributed by atoms with van der Waals surface area (Å²) >= 11 is 0. The molecule has 18 heavy (non-hydrogen) atoms. The number of hydrogen-bond donors (Lipinski definition) is 1. The average Bonchev–Trinajstić information content (AvgIpc) is 2.89. The second-order valence-electron chi connectivity index (χ2n) is 5.33. The SMILES string of the molecule is CC(c1ccccc1F)N(C)CCC1CCNC1. The molecule has 3 heteroatoms. The topological polar surface area (TPSA) is 15.3 Å². The van der Waals surface area contributed by atoms with Crippen LogP contribution >= 0.6 is 0 Å². The highest BCUT2D eigenvalue weighted by Gasteiger charge is 2.18. The molecule has 1 aliphatic rings. The van der Waals surface area contributed by atoms with Crippen molar-refractivity contribution in [1.29, 1.82) is 0 Å². The van der Waals surface area contributed by atoms with Crippen LogP contribution in [0.4, 0.5) is 4.39 Å². The number of halogens is 1. The van der Waals surface area contributed by atoms with E-state index in [1.807, 2.05) is 12.1 Å². The molecule has 1 heterocycles. The molecule has 0 radical (unpaired) electrons. The number of nitrogens with one attached hydrogen (secondary N) is 1. The highest BCUT2D eigenvalue weighted by molar-refractivity contribution is 5.20. The maximum Gasteiger partial charge on any atom is 0.127 e. The largest absolute Gasteiger partial charge is 0.316 e. The van der Waals surface area contributed by atoms with Crippen LogP contribution in [-0.4, -0.2) is 31.6 Å². The summed E-state index contributed by atoms with van der Waals surface area (Å²) in [6.45, 7) is 5.40. The number of benzene rings is 1. The molecule has 2 rings (SSSR count). The molecule has 1 fully saturated rings. The Hall–Kier alpha value is -0.930. The molecule has 1 N–H and O–H groups in total. The Morgan fingerprint density at radius 3 is 2.89 bits per heavy atom. The molecule has 2 unspecified atom stereocenters. The lowest BCUT2D eigenvalue weighted by molar-refractivity contribution is 0.239. The fourth-order valence-corrected chi connectivity index (χ4v) is 2.59. The Morgan fingerprint density at radius 2 is 2.22 bits per heavy atom. The summed E-state index contributed by atoms with van der Waals surface area (Å²) in [6.07, 6.45) is 2.48. The molecular formula is C15H23FN2. The molecule has 0 bridgehead atoms. The van der Waals surface area contributed by atoms with Gasteiger partial charge in [0.25, 0.3) is 0 Å². The molecule has 0 amide bonds. The van der Waals surface area contributed by atoms with Gasteiger partial charge >= 0.3 is 0 Å². The van der Waals surface area contributed by atoms with Crippen LogP contribution in [0.5, 0.6) is 0 Å². The van der Waals surface area contributed by atoms with Crippen LogP contribution in [-0.2, 0) is 0 Å². The van der Waals surface area contributed by atoms with Crippen molar-refractivity contribution in [3.05, 3.63) is 35.6 Å². The first-order valence-electron chi connectivity index (χ1n) is 6.84. The van der Waals surface area contributed by atoms with Crippen LogP contribution < -0.4 is 5.32 Å². The van der Waals surface area contributed by atoms with Crippen molar-refractivity contribution in [2.75, 3.05) is 26.7 Å². The van der Waals surface area contributed by atoms with Gasteiger partial charge < -0.3 is 5.32 Å². The van der Waals surface area contributed by atoms with Crippen LogP contribution in [0.2, 0.25) is 0 Å². The van der Waals surface area contributed by atoms with E-state index in [1.54, 1.807) is 12.1 Å². The van der Waals surface area contributed by atoms with E-state index in [2.05, 4.69) is 24.2 Å². The fraction of sp³-hybridized carbons (Fsp3) is 0.600. The van der Waals surface area contributed by atoms with Crippen LogP contribution in [0.25, 0.3) is 0 Å². The van der Waals surface area contributed by atoms with Gasteiger partial charge in [-0.15, -0.1) is 0 Å². The van der Waals surface area contributed by atoms with Crippen LogP contribution in [0, 0.1) is 11.7 Å². The Morgan fingerprint density at radius 1 is 1.44 bits per heavy atom. The molecule has 1 saturated heterocycles. The normalized spacial score (nSPS) is 21.4. The van der Waals surface area contributed by atoms with Crippen molar-refractivity contribution in [2.45, 2.75) is 25.8 Å². The van der Waals surface area contributed by atoms with E-state index >= 15 is 0 Å². The standard InChI is InChI=1S/C15H23FN2/c1-12(14-5-3-4-6-15(14)16)18(2)10-8-13-7-9-17-11-13/h3-6,12-13,17H,7-11H2,1-2H3. The molecule has 2 nitrogen and oxygen atoms in total. The van der Waals surface area contributed by atoms with Gasteiger partial charge in [-0.2, -0.15) is 0 Å². The smallest absolute Gasteiger partial charge is 0.127 e. The van der Waals surface area contributed by atoms with Gasteiger partial charge in [-0.05, 0) is 58.4 Å². The van der Waals surface area contributed by atoms with Gasteiger partial charge in [0.2, 0.25) is 0 Å². The van der Waals surface area contributed by atoms with E-state index in [-0.39, 0.29) is 11.9 Å². The van der Waals surface area contributed by atoms with Crippen molar-refractivity contribution in [3.63, 3.8) is 0 Å². The van der Waals surface area contributed by atoms with Crippen molar-refractivity contribution in [3.8, 4) is 0 Å². The van der Waals surface area contributed by atoms with Crippen LogP contribution in [0.3, 0.4) is 0 Å². The first-order chi connectivity index (χ1) is 8.68. The van der Waals surface area contributed by atoms with E-state index < -0.39 is 0 Å². The second kappa shape index (κ2) is 6.30. The minimum absolute atomic E-state index is 0.0978. The average molecular weight is 250 g/mol. The van der Waals surface area contributed by atoms with E-state index in [4.69, 9.17) is 0 Å². The summed E-state index contributed by atoms with van der Waals surface area (Å²) in [5.41, 5.74) is 0.796. The summed E-state index contributed by atoms with van der Waals surface area (Å²) < 4.78 is 13.7. The summed E-state index contributed by atoms with van der Waals surface area (Å²) in [5.74, 6) is 0.694. The third-order valence-electron chi connectivity index (χ3n) is 4.07. The summed E-state index contributed by atoms with van der Waals surface area (Å²) in [5, 5.41) is 3.39. The molecule has 100 valence electrons. The Kier molecular flexibility index (Phi) is 4.72. The predicted octanol–water partition coefficient (Wildman–Crippen LogP) is 2.82. The zero-order valence-electron chi connectivity index (χ0n) is 11.3. The lowest BCUT2D eigenvalue weighted by Crippen LogP contribution is -2.26. The van der Waals surface area contributed by atoms with Gasteiger partial charge in [0.1, 0.15) is 5.82 Å². The summed E-state index contributed by atoms with van der Waals surface area (Å²) in [4.78, 5) is 2.25. The second-order valence-corrected chi connectivity index (χ2v) is 5.33. The van der Waals surface area contributed by atoms with Gasteiger partial charge in [0.05, 0.1) is 0 Å². The first kappa shape index (κ1) is 13.5. The van der Waals surface area contributed by atoms with Gasteiger partial charge in [-0.25, -0.2) is 4.39 Å². The molecule has 0 aromatic heterocycles. The molecule has 2 atom stereocenters. The van der Waals surface area contributed by atoms with Crippen molar-refractivity contribution >= 4 is 0 Å². The minimum Gasteiger partial charge on any atom is -0.316 e. The van der Waals surface area contributed by atoms with E-state index in [0.717, 1.165) is 31.1 Å².